The van der Waals surface area contributed by atoms with Crippen molar-refractivity contribution in [3.05, 3.63) is 29.8 Å². The molecule has 0 bridgehead atoms. The van der Waals surface area contributed by atoms with Gasteiger partial charge in [0.2, 0.25) is 0 Å². The van der Waals surface area contributed by atoms with Gasteiger partial charge in [-0.1, -0.05) is 25.1 Å². The van der Waals surface area contributed by atoms with Crippen LogP contribution in [0.1, 0.15) is 18.9 Å². The van der Waals surface area contributed by atoms with Crippen molar-refractivity contribution in [3.8, 4) is 0 Å². The zero-order chi connectivity index (χ0) is 11.8. The van der Waals surface area contributed by atoms with Crippen LogP contribution in [0.25, 0.3) is 0 Å². The van der Waals surface area contributed by atoms with E-state index in [1.54, 1.807) is 19.1 Å². The van der Waals surface area contributed by atoms with Gasteiger partial charge in [0, 0.05) is 4.90 Å². The lowest BCUT2D eigenvalue weighted by atomic mass is 10.1. The van der Waals surface area contributed by atoms with Crippen LogP contribution in [0.5, 0.6) is 0 Å². The Labute approximate surface area is 95.2 Å². The van der Waals surface area contributed by atoms with Crippen LogP contribution in [0, 0.1) is 0 Å². The SMILES string of the molecule is CCS1(C(F)(F)F)CCCc2ccccc21. The van der Waals surface area contributed by atoms with Crippen LogP contribution in [0.15, 0.2) is 29.2 Å². The number of hydrogen-bond donors (Lipinski definition) is 0. The van der Waals surface area contributed by atoms with Gasteiger partial charge in [-0.2, -0.15) is 13.2 Å². The first-order valence-corrected chi connectivity index (χ1v) is 7.41. The molecule has 1 aromatic carbocycles. The van der Waals surface area contributed by atoms with Crippen molar-refractivity contribution in [1.82, 2.24) is 0 Å². The van der Waals surface area contributed by atoms with E-state index in [1.807, 2.05) is 12.1 Å². The number of benzene rings is 1. The highest BCUT2D eigenvalue weighted by atomic mass is 32.3. The maximum absolute atomic E-state index is 13.3. The van der Waals surface area contributed by atoms with E-state index in [4.69, 9.17) is 0 Å². The maximum atomic E-state index is 13.3. The van der Waals surface area contributed by atoms with Gasteiger partial charge in [0.15, 0.2) is 0 Å². The van der Waals surface area contributed by atoms with E-state index in [2.05, 4.69) is 0 Å². The average Bonchev–Trinajstić information content (AvgIpc) is 2.26. The van der Waals surface area contributed by atoms with Crippen molar-refractivity contribution in [2.24, 2.45) is 0 Å². The van der Waals surface area contributed by atoms with E-state index in [-0.39, 0.29) is 5.75 Å². The van der Waals surface area contributed by atoms with Gasteiger partial charge in [-0.15, -0.1) is 10.0 Å². The van der Waals surface area contributed by atoms with Crippen molar-refractivity contribution < 1.29 is 13.2 Å². The second-order valence-corrected chi connectivity index (χ2v) is 7.69. The molecule has 1 aliphatic rings. The number of aryl methyl sites for hydroxylation is 1. The summed E-state index contributed by atoms with van der Waals surface area (Å²) < 4.78 is 39.9. The van der Waals surface area contributed by atoms with Gasteiger partial charge in [-0.3, -0.25) is 0 Å². The minimum Gasteiger partial charge on any atom is -0.161 e. The summed E-state index contributed by atoms with van der Waals surface area (Å²) >= 11 is 0. The number of rotatable bonds is 1. The van der Waals surface area contributed by atoms with E-state index in [9.17, 15) is 13.2 Å². The number of hydrogen-bond acceptors (Lipinski definition) is 0. The van der Waals surface area contributed by atoms with Crippen molar-refractivity contribution in [3.63, 3.8) is 0 Å². The Morgan fingerprint density at radius 3 is 2.56 bits per heavy atom. The average molecular weight is 248 g/mol. The molecule has 0 saturated carbocycles. The third-order valence-electron chi connectivity index (χ3n) is 3.27. The summed E-state index contributed by atoms with van der Waals surface area (Å²) in [5.74, 6) is 0.525. The maximum Gasteiger partial charge on any atom is 0.429 e. The van der Waals surface area contributed by atoms with E-state index in [0.29, 0.717) is 17.1 Å². The molecule has 0 aliphatic carbocycles. The fourth-order valence-electron chi connectivity index (χ4n) is 2.41. The van der Waals surface area contributed by atoms with Crippen molar-refractivity contribution in [2.75, 3.05) is 11.5 Å². The third kappa shape index (κ3) is 1.63. The molecule has 90 valence electrons. The highest BCUT2D eigenvalue weighted by molar-refractivity contribution is 8.34. The van der Waals surface area contributed by atoms with Gasteiger partial charge in [0.25, 0.3) is 0 Å². The quantitative estimate of drug-likeness (QED) is 0.693. The first-order valence-electron chi connectivity index (χ1n) is 5.44. The largest absolute Gasteiger partial charge is 0.429 e. The summed E-state index contributed by atoms with van der Waals surface area (Å²) in [6.07, 6.45) is 1.46. The Bertz CT molecular complexity index is 386. The van der Waals surface area contributed by atoms with Crippen molar-refractivity contribution in [1.29, 1.82) is 0 Å². The Balaban J connectivity index is 2.58. The van der Waals surface area contributed by atoms with Crippen LogP contribution in [0.3, 0.4) is 0 Å². The zero-order valence-electron chi connectivity index (χ0n) is 9.18. The molecule has 4 heteroatoms. The molecular formula is C12H15F3S. The fraction of sp³-hybridized carbons (Fsp3) is 0.500. The summed E-state index contributed by atoms with van der Waals surface area (Å²) in [6, 6.07) is 7.09. The second kappa shape index (κ2) is 3.99. The van der Waals surface area contributed by atoms with Crippen LogP contribution >= 0.6 is 10.0 Å². The smallest absolute Gasteiger partial charge is 0.161 e. The normalized spacial score (nSPS) is 29.2. The van der Waals surface area contributed by atoms with Gasteiger partial charge in [-0.25, -0.2) is 0 Å². The highest BCUT2D eigenvalue weighted by Gasteiger charge is 2.51. The Morgan fingerprint density at radius 1 is 1.25 bits per heavy atom. The first-order chi connectivity index (χ1) is 7.51. The molecule has 16 heavy (non-hydrogen) atoms. The molecule has 0 spiro atoms. The van der Waals surface area contributed by atoms with Gasteiger partial charge >= 0.3 is 5.51 Å². The van der Waals surface area contributed by atoms with Gasteiger partial charge in [0.05, 0.1) is 0 Å². The Kier molecular flexibility index (Phi) is 2.95. The van der Waals surface area contributed by atoms with Gasteiger partial charge < -0.3 is 0 Å². The minimum atomic E-state index is -4.06. The molecule has 0 fully saturated rings. The van der Waals surface area contributed by atoms with E-state index >= 15 is 0 Å². The number of fused-ring (bicyclic) bond motifs is 1. The molecular weight excluding hydrogens is 233 g/mol. The molecule has 0 saturated heterocycles. The third-order valence-corrected chi connectivity index (χ3v) is 7.37. The van der Waals surface area contributed by atoms with Crippen molar-refractivity contribution >= 4 is 10.0 Å². The number of halogens is 3. The highest BCUT2D eigenvalue weighted by Crippen LogP contribution is 2.69. The molecule has 2 rings (SSSR count). The predicted octanol–water partition coefficient (Wildman–Crippen LogP) is 4.34. The van der Waals surface area contributed by atoms with Crippen LogP contribution in [-0.2, 0) is 6.42 Å². The molecule has 1 aliphatic heterocycles. The van der Waals surface area contributed by atoms with Crippen LogP contribution in [0.4, 0.5) is 13.2 Å². The van der Waals surface area contributed by atoms with E-state index < -0.39 is 15.5 Å². The molecule has 1 aromatic rings. The molecule has 1 atom stereocenters. The van der Waals surface area contributed by atoms with Crippen LogP contribution < -0.4 is 0 Å². The topological polar surface area (TPSA) is 0 Å². The number of alkyl halides is 3. The van der Waals surface area contributed by atoms with E-state index in [1.165, 1.54) is 0 Å². The van der Waals surface area contributed by atoms with Gasteiger partial charge in [0.1, 0.15) is 0 Å². The summed E-state index contributed by atoms with van der Waals surface area (Å²) in [5.41, 5.74) is -3.15. The summed E-state index contributed by atoms with van der Waals surface area (Å²) in [4.78, 5) is 0.580. The molecule has 1 unspecified atom stereocenters. The molecule has 0 aromatic heterocycles. The van der Waals surface area contributed by atoms with Crippen LogP contribution in [-0.4, -0.2) is 17.0 Å². The molecule has 0 N–H and O–H groups in total. The Morgan fingerprint density at radius 2 is 1.94 bits per heavy atom. The minimum absolute atomic E-state index is 0.216. The zero-order valence-corrected chi connectivity index (χ0v) is 10.00. The van der Waals surface area contributed by atoms with E-state index in [0.717, 1.165) is 12.0 Å². The summed E-state index contributed by atoms with van der Waals surface area (Å²) in [6.45, 7) is 1.67. The fourth-order valence-corrected chi connectivity index (χ4v) is 5.69. The van der Waals surface area contributed by atoms with Crippen LogP contribution in [0.2, 0.25) is 0 Å². The lowest BCUT2D eigenvalue weighted by molar-refractivity contribution is -0.0386. The predicted molar refractivity (Wildman–Crippen MR) is 62.1 cm³/mol. The second-order valence-electron chi connectivity index (χ2n) is 4.03. The lowest BCUT2D eigenvalue weighted by Crippen LogP contribution is -2.29. The Hall–Kier alpha value is -0.640. The first kappa shape index (κ1) is 11.8. The monoisotopic (exact) mass is 248 g/mol. The molecule has 0 nitrogen and oxygen atoms in total. The molecule has 0 radical (unpaired) electrons. The molecule has 1 heterocycles. The summed E-state index contributed by atoms with van der Waals surface area (Å²) in [7, 11) is -2.61. The summed E-state index contributed by atoms with van der Waals surface area (Å²) in [5, 5.41) is 0. The van der Waals surface area contributed by atoms with Crippen molar-refractivity contribution in [2.45, 2.75) is 30.2 Å². The lowest BCUT2D eigenvalue weighted by Gasteiger charge is -2.44. The standard InChI is InChI=1S/C12H15F3S/c1-2-16(12(13,14)15)9-5-7-10-6-3-4-8-11(10)16/h3-4,6,8H,2,5,7,9H2,1H3. The molecule has 0 amide bonds. The van der Waals surface area contributed by atoms with Gasteiger partial charge in [-0.05, 0) is 36.0 Å².